The molecule has 0 unspecified atom stereocenters. The van der Waals surface area contributed by atoms with Crippen LogP contribution in [0.25, 0.3) is 6.08 Å². The molecule has 0 saturated heterocycles. The number of hydrogen-bond acceptors (Lipinski definition) is 2. The zero-order valence-electron chi connectivity index (χ0n) is 8.25. The number of hydrogen-bond donors (Lipinski definition) is 0. The van der Waals surface area contributed by atoms with Gasteiger partial charge in [-0.2, -0.15) is 30.9 Å². The molecule has 0 aliphatic carbocycles. The van der Waals surface area contributed by atoms with E-state index in [-0.39, 0.29) is 21.1 Å². The van der Waals surface area contributed by atoms with E-state index in [2.05, 4.69) is 47.0 Å². The molecular formula is C12H10N2Pt. The van der Waals surface area contributed by atoms with Crippen molar-refractivity contribution in [2.75, 3.05) is 11.9 Å². The van der Waals surface area contributed by atoms with E-state index in [1.807, 2.05) is 19.2 Å². The standard InChI is InChI=1S/C12H10N2.Pt/c1-13-8-11-7-6-10-4-2-3-5-12(10)14(11)9-13;/h2-4,6-9H,1H3;/q-2;+2. The van der Waals surface area contributed by atoms with Gasteiger partial charge >= 0.3 is 21.1 Å². The van der Waals surface area contributed by atoms with E-state index in [4.69, 9.17) is 0 Å². The van der Waals surface area contributed by atoms with Crippen LogP contribution in [0.5, 0.6) is 0 Å². The van der Waals surface area contributed by atoms with Crippen molar-refractivity contribution in [2.24, 2.45) is 0 Å². The van der Waals surface area contributed by atoms with E-state index in [1.54, 1.807) is 0 Å². The Hall–Kier alpha value is -1.01. The molecule has 0 radical (unpaired) electrons. The summed E-state index contributed by atoms with van der Waals surface area (Å²) in [5.41, 5.74) is 3.55. The van der Waals surface area contributed by atoms with Crippen LogP contribution in [0.4, 0.5) is 5.69 Å². The van der Waals surface area contributed by atoms with E-state index in [1.165, 1.54) is 11.3 Å². The molecule has 78 valence electrons. The molecule has 3 rings (SSSR count). The summed E-state index contributed by atoms with van der Waals surface area (Å²) < 4.78 is 0. The van der Waals surface area contributed by atoms with Crippen LogP contribution in [0, 0.1) is 12.7 Å². The molecule has 1 aromatic carbocycles. The number of para-hydroxylation sites is 1. The summed E-state index contributed by atoms with van der Waals surface area (Å²) in [6, 6.07) is 9.32. The van der Waals surface area contributed by atoms with Gasteiger partial charge in [0.2, 0.25) is 0 Å². The molecule has 0 N–H and O–H groups in total. The van der Waals surface area contributed by atoms with Crippen LogP contribution in [0.1, 0.15) is 5.56 Å². The van der Waals surface area contributed by atoms with Crippen molar-refractivity contribution in [3.63, 3.8) is 0 Å². The van der Waals surface area contributed by atoms with Crippen LogP contribution in [-0.4, -0.2) is 11.9 Å². The van der Waals surface area contributed by atoms with Crippen LogP contribution in [0.15, 0.2) is 36.2 Å². The Bertz CT molecular complexity index is 437. The third-order valence-electron chi connectivity index (χ3n) is 2.45. The van der Waals surface area contributed by atoms with Gasteiger partial charge in [-0.15, -0.1) is 11.6 Å². The normalized spacial score (nSPS) is 16.7. The predicted octanol–water partition coefficient (Wildman–Crippen LogP) is 2.22. The Kier molecular flexibility index (Phi) is 2.70. The molecule has 0 amide bonds. The molecule has 2 aliphatic rings. The van der Waals surface area contributed by atoms with Gasteiger partial charge in [0.1, 0.15) is 0 Å². The fourth-order valence-corrected chi connectivity index (χ4v) is 1.82. The molecule has 0 spiro atoms. The molecule has 2 aliphatic heterocycles. The fraction of sp³-hybridized carbons (Fsp3) is 0.0833. The van der Waals surface area contributed by atoms with Gasteiger partial charge in [-0.1, -0.05) is 11.8 Å². The number of nitrogens with zero attached hydrogens (tertiary/aromatic N) is 2. The van der Waals surface area contributed by atoms with Crippen molar-refractivity contribution >= 4 is 11.8 Å². The molecule has 0 fully saturated rings. The van der Waals surface area contributed by atoms with Gasteiger partial charge in [0.25, 0.3) is 0 Å². The van der Waals surface area contributed by atoms with Gasteiger partial charge in [0, 0.05) is 5.70 Å². The van der Waals surface area contributed by atoms with E-state index in [0.717, 1.165) is 5.69 Å². The van der Waals surface area contributed by atoms with Crippen LogP contribution in [-0.2, 0) is 21.1 Å². The minimum absolute atomic E-state index is 0. The zero-order valence-corrected chi connectivity index (χ0v) is 10.5. The second-order valence-corrected chi connectivity index (χ2v) is 3.51. The number of benzene rings is 1. The average molecular weight is 377 g/mol. The summed E-state index contributed by atoms with van der Waals surface area (Å²) in [4.78, 5) is 4.20. The molecule has 3 heteroatoms. The maximum atomic E-state index is 3.26. The minimum atomic E-state index is 0. The van der Waals surface area contributed by atoms with Gasteiger partial charge in [-0.3, -0.25) is 0 Å². The third kappa shape index (κ3) is 1.63. The first kappa shape index (κ1) is 10.5. The molecule has 2 heterocycles. The third-order valence-corrected chi connectivity index (χ3v) is 2.45. The minimum Gasteiger partial charge on any atom is -0.510 e. The Labute approximate surface area is 104 Å². The van der Waals surface area contributed by atoms with Crippen molar-refractivity contribution < 1.29 is 21.1 Å². The molecule has 2 nitrogen and oxygen atoms in total. The number of allylic oxidation sites excluding steroid dienone is 1. The Morgan fingerprint density at radius 1 is 1.33 bits per heavy atom. The first-order valence-corrected chi connectivity index (χ1v) is 4.61. The smallest absolute Gasteiger partial charge is 0.510 e. The molecule has 0 atom stereocenters. The maximum absolute atomic E-state index is 3.26. The van der Waals surface area contributed by atoms with Crippen LogP contribution in [0.2, 0.25) is 0 Å². The number of rotatable bonds is 0. The summed E-state index contributed by atoms with van der Waals surface area (Å²) in [5.74, 6) is 0. The van der Waals surface area contributed by atoms with Gasteiger partial charge in [0.15, 0.2) is 0 Å². The Balaban J connectivity index is 0.000000853. The Morgan fingerprint density at radius 3 is 3.07 bits per heavy atom. The first-order valence-electron chi connectivity index (χ1n) is 4.61. The maximum Gasteiger partial charge on any atom is 2.00 e. The van der Waals surface area contributed by atoms with Crippen molar-refractivity contribution in [1.29, 1.82) is 0 Å². The van der Waals surface area contributed by atoms with Crippen molar-refractivity contribution in [3.05, 3.63) is 54.5 Å². The quantitative estimate of drug-likeness (QED) is 0.640. The first-order chi connectivity index (χ1) is 6.84. The van der Waals surface area contributed by atoms with E-state index < -0.39 is 0 Å². The molecule has 0 saturated carbocycles. The largest absolute Gasteiger partial charge is 2.00 e. The molecule has 15 heavy (non-hydrogen) atoms. The molecule has 0 aromatic heterocycles. The van der Waals surface area contributed by atoms with E-state index in [9.17, 15) is 0 Å². The summed E-state index contributed by atoms with van der Waals surface area (Å²) in [6.07, 6.45) is 6.34. The van der Waals surface area contributed by atoms with Crippen LogP contribution in [0.3, 0.4) is 0 Å². The van der Waals surface area contributed by atoms with Crippen molar-refractivity contribution in [3.8, 4) is 0 Å². The number of fused-ring (bicyclic) bond motifs is 3. The topological polar surface area (TPSA) is 6.48 Å². The molecule has 1 aromatic rings. The number of anilines is 1. The SMILES string of the molecule is CN1C=C2C=Cc3ccc[c-]c3N2[CH-]1.[Pt+2]. The summed E-state index contributed by atoms with van der Waals surface area (Å²) >= 11 is 0. The van der Waals surface area contributed by atoms with Gasteiger partial charge < -0.3 is 9.80 Å². The average Bonchev–Trinajstić information content (AvgIpc) is 2.59. The zero-order chi connectivity index (χ0) is 9.54. The monoisotopic (exact) mass is 377 g/mol. The van der Waals surface area contributed by atoms with Gasteiger partial charge in [-0.05, 0) is 13.2 Å². The summed E-state index contributed by atoms with van der Waals surface area (Å²) in [6.45, 7) is 2.06. The molecule has 0 bridgehead atoms. The Morgan fingerprint density at radius 2 is 2.20 bits per heavy atom. The van der Waals surface area contributed by atoms with Crippen molar-refractivity contribution in [1.82, 2.24) is 4.90 Å². The van der Waals surface area contributed by atoms with Gasteiger partial charge in [0.05, 0.1) is 0 Å². The second kappa shape index (κ2) is 3.86. The van der Waals surface area contributed by atoms with E-state index >= 15 is 0 Å². The second-order valence-electron chi connectivity index (χ2n) is 3.51. The van der Waals surface area contributed by atoms with Crippen molar-refractivity contribution in [2.45, 2.75) is 0 Å². The van der Waals surface area contributed by atoms with E-state index in [0.29, 0.717) is 0 Å². The van der Waals surface area contributed by atoms with Crippen LogP contribution < -0.4 is 4.90 Å². The van der Waals surface area contributed by atoms with Crippen LogP contribution >= 0.6 is 0 Å². The fourth-order valence-electron chi connectivity index (χ4n) is 1.82. The predicted molar refractivity (Wildman–Crippen MR) is 56.9 cm³/mol. The summed E-state index contributed by atoms with van der Waals surface area (Å²) in [7, 11) is 2.03. The molecular weight excluding hydrogens is 367 g/mol. The summed E-state index contributed by atoms with van der Waals surface area (Å²) in [5, 5.41) is 0. The van der Waals surface area contributed by atoms with Gasteiger partial charge in [-0.25, -0.2) is 0 Å².